The lowest BCUT2D eigenvalue weighted by atomic mass is 10.1. The number of nitrogens with one attached hydrogen (secondary N) is 1. The topological polar surface area (TPSA) is 102 Å². The van der Waals surface area contributed by atoms with Crippen LogP contribution in [0.1, 0.15) is 32.5 Å². The van der Waals surface area contributed by atoms with Crippen LogP contribution in [-0.4, -0.2) is 61.4 Å². The normalized spacial score (nSPS) is 10.4. The predicted octanol–water partition coefficient (Wildman–Crippen LogP) is 1.57. The Morgan fingerprint density at radius 1 is 1.33 bits per heavy atom. The van der Waals surface area contributed by atoms with Crippen molar-refractivity contribution >= 4 is 45.9 Å². The van der Waals surface area contributed by atoms with Crippen LogP contribution >= 0.6 is 23.1 Å². The van der Waals surface area contributed by atoms with Gasteiger partial charge in [-0.15, -0.1) is 11.3 Å². The van der Waals surface area contributed by atoms with Crippen molar-refractivity contribution in [3.8, 4) is 0 Å². The Labute approximate surface area is 149 Å². The molecule has 0 aliphatic carbocycles. The van der Waals surface area contributed by atoms with Crippen molar-refractivity contribution in [2.45, 2.75) is 13.8 Å². The molecule has 0 saturated heterocycles. The minimum atomic E-state index is -0.547. The third kappa shape index (κ3) is 5.22. The number of anilines is 1. The Balaban J connectivity index is 3.12. The smallest absolute Gasteiger partial charge is 0.341 e. The zero-order valence-electron chi connectivity index (χ0n) is 14.3. The van der Waals surface area contributed by atoms with Gasteiger partial charge in [-0.3, -0.25) is 9.59 Å². The number of hydrogen-bond donors (Lipinski definition) is 2. The largest absolute Gasteiger partial charge is 0.462 e. The van der Waals surface area contributed by atoms with E-state index in [9.17, 15) is 14.4 Å². The van der Waals surface area contributed by atoms with Gasteiger partial charge in [0.05, 0.1) is 22.8 Å². The van der Waals surface area contributed by atoms with E-state index in [0.29, 0.717) is 27.7 Å². The summed E-state index contributed by atoms with van der Waals surface area (Å²) >= 11 is 2.49. The van der Waals surface area contributed by atoms with Gasteiger partial charge < -0.3 is 20.7 Å². The van der Waals surface area contributed by atoms with Gasteiger partial charge in [0.25, 0.3) is 5.91 Å². The summed E-state index contributed by atoms with van der Waals surface area (Å²) in [7, 11) is 3.26. The van der Waals surface area contributed by atoms with Gasteiger partial charge >= 0.3 is 5.97 Å². The third-order valence-corrected chi connectivity index (χ3v) is 5.16. The zero-order chi connectivity index (χ0) is 18.3. The van der Waals surface area contributed by atoms with Gasteiger partial charge in [0, 0.05) is 26.4 Å². The van der Waals surface area contributed by atoms with Gasteiger partial charge in [-0.2, -0.15) is 11.8 Å². The van der Waals surface area contributed by atoms with Crippen LogP contribution < -0.4 is 11.1 Å². The second kappa shape index (κ2) is 9.65. The lowest BCUT2D eigenvalue weighted by Gasteiger charge is -2.09. The number of thioether (sulfide) groups is 1. The van der Waals surface area contributed by atoms with Crippen molar-refractivity contribution in [1.29, 1.82) is 0 Å². The molecule has 0 fully saturated rings. The molecule has 9 heteroatoms. The molecule has 0 aliphatic heterocycles. The van der Waals surface area contributed by atoms with E-state index in [-0.39, 0.29) is 29.7 Å². The number of nitrogens with two attached hydrogens (primary N) is 1. The second-order valence-electron chi connectivity index (χ2n) is 5.07. The maximum Gasteiger partial charge on any atom is 0.341 e. The van der Waals surface area contributed by atoms with Crippen molar-refractivity contribution in [1.82, 2.24) is 4.90 Å². The fraction of sp³-hybridized carbons (Fsp3) is 0.533. The van der Waals surface area contributed by atoms with Crippen LogP contribution in [0.2, 0.25) is 0 Å². The van der Waals surface area contributed by atoms with E-state index in [1.165, 1.54) is 16.7 Å². The van der Waals surface area contributed by atoms with Crippen LogP contribution in [0.15, 0.2) is 0 Å². The molecule has 0 saturated carbocycles. The molecule has 3 N–H and O–H groups in total. The standard InChI is InChI=1S/C15H23N3O4S2/c1-5-22-15(21)11-9(2)12(14(20)18(3)4)24-13(11)17-10(19)8-23-7-6-16/h5-8,16H2,1-4H3,(H,17,19). The molecule has 24 heavy (non-hydrogen) atoms. The highest BCUT2D eigenvalue weighted by Crippen LogP contribution is 2.34. The number of hydrogen-bond acceptors (Lipinski definition) is 7. The van der Waals surface area contributed by atoms with E-state index in [2.05, 4.69) is 5.32 Å². The van der Waals surface area contributed by atoms with Crippen LogP contribution in [0.3, 0.4) is 0 Å². The molecular formula is C15H23N3O4S2. The first-order valence-electron chi connectivity index (χ1n) is 7.43. The minimum absolute atomic E-state index is 0.213. The highest BCUT2D eigenvalue weighted by atomic mass is 32.2. The van der Waals surface area contributed by atoms with Crippen LogP contribution in [0.4, 0.5) is 5.00 Å². The molecule has 0 spiro atoms. The van der Waals surface area contributed by atoms with Crippen LogP contribution in [0.25, 0.3) is 0 Å². The number of carbonyl (C=O) groups excluding carboxylic acids is 3. The first-order valence-corrected chi connectivity index (χ1v) is 9.40. The summed E-state index contributed by atoms with van der Waals surface area (Å²) in [5.74, 6) is -0.113. The number of amides is 2. The number of thiophene rings is 1. The molecule has 0 radical (unpaired) electrons. The second-order valence-corrected chi connectivity index (χ2v) is 7.20. The lowest BCUT2D eigenvalue weighted by Crippen LogP contribution is -2.21. The predicted molar refractivity (Wildman–Crippen MR) is 98.0 cm³/mol. The van der Waals surface area contributed by atoms with E-state index >= 15 is 0 Å². The summed E-state index contributed by atoms with van der Waals surface area (Å²) in [6.07, 6.45) is 0. The number of nitrogens with zero attached hydrogens (tertiary/aromatic N) is 1. The van der Waals surface area contributed by atoms with Crippen molar-refractivity contribution in [3.63, 3.8) is 0 Å². The van der Waals surface area contributed by atoms with E-state index < -0.39 is 5.97 Å². The van der Waals surface area contributed by atoms with Gasteiger partial charge in [-0.25, -0.2) is 4.79 Å². The first-order chi connectivity index (χ1) is 11.3. The van der Waals surface area contributed by atoms with Gasteiger partial charge in [0.2, 0.25) is 5.91 Å². The maximum absolute atomic E-state index is 12.3. The Hall–Kier alpha value is -1.58. The molecule has 1 rings (SSSR count). The molecule has 134 valence electrons. The fourth-order valence-corrected chi connectivity index (χ4v) is 3.67. The van der Waals surface area contributed by atoms with Crippen molar-refractivity contribution in [2.75, 3.05) is 44.1 Å². The Kier molecular flexibility index (Phi) is 8.23. The number of carbonyl (C=O) groups is 3. The lowest BCUT2D eigenvalue weighted by molar-refractivity contribution is -0.113. The Morgan fingerprint density at radius 3 is 2.54 bits per heavy atom. The molecule has 0 atom stereocenters. The average molecular weight is 374 g/mol. The summed E-state index contributed by atoms with van der Waals surface area (Å²) in [4.78, 5) is 38.3. The average Bonchev–Trinajstić information content (AvgIpc) is 2.83. The highest BCUT2D eigenvalue weighted by molar-refractivity contribution is 7.99. The first kappa shape index (κ1) is 20.5. The Morgan fingerprint density at radius 2 is 2.00 bits per heavy atom. The summed E-state index contributed by atoms with van der Waals surface area (Å²) in [5.41, 5.74) is 6.15. The van der Waals surface area contributed by atoms with Gasteiger partial charge in [0.1, 0.15) is 5.00 Å². The van der Waals surface area contributed by atoms with Crippen molar-refractivity contribution in [2.24, 2.45) is 5.73 Å². The molecule has 0 unspecified atom stereocenters. The molecule has 0 bridgehead atoms. The molecule has 1 aromatic rings. The Bertz CT molecular complexity index is 614. The summed E-state index contributed by atoms with van der Waals surface area (Å²) in [6, 6.07) is 0. The highest BCUT2D eigenvalue weighted by Gasteiger charge is 2.27. The van der Waals surface area contributed by atoms with E-state index in [1.54, 1.807) is 27.9 Å². The molecule has 0 aliphatic rings. The molecule has 1 aromatic heterocycles. The van der Waals surface area contributed by atoms with Gasteiger partial charge in [-0.05, 0) is 19.4 Å². The quantitative estimate of drug-likeness (QED) is 0.530. The monoisotopic (exact) mass is 373 g/mol. The number of rotatable bonds is 8. The minimum Gasteiger partial charge on any atom is -0.462 e. The molecule has 7 nitrogen and oxygen atoms in total. The summed E-state index contributed by atoms with van der Waals surface area (Å²) < 4.78 is 5.05. The van der Waals surface area contributed by atoms with Crippen LogP contribution in [0.5, 0.6) is 0 Å². The van der Waals surface area contributed by atoms with Crippen LogP contribution in [0, 0.1) is 6.92 Å². The molecule has 1 heterocycles. The van der Waals surface area contributed by atoms with Crippen molar-refractivity contribution in [3.05, 3.63) is 16.0 Å². The van der Waals surface area contributed by atoms with E-state index in [0.717, 1.165) is 11.3 Å². The summed E-state index contributed by atoms with van der Waals surface area (Å²) in [6.45, 7) is 4.09. The maximum atomic E-state index is 12.3. The van der Waals surface area contributed by atoms with E-state index in [4.69, 9.17) is 10.5 Å². The molecule has 0 aromatic carbocycles. The SMILES string of the molecule is CCOC(=O)c1c(NC(=O)CSCCN)sc(C(=O)N(C)C)c1C. The number of ether oxygens (including phenoxy) is 1. The molecular weight excluding hydrogens is 350 g/mol. The zero-order valence-corrected chi connectivity index (χ0v) is 15.9. The van der Waals surface area contributed by atoms with Crippen LogP contribution in [-0.2, 0) is 9.53 Å². The number of esters is 1. The fourth-order valence-electron chi connectivity index (χ4n) is 1.87. The van der Waals surface area contributed by atoms with Gasteiger partial charge in [0.15, 0.2) is 0 Å². The van der Waals surface area contributed by atoms with Gasteiger partial charge in [-0.1, -0.05) is 0 Å². The summed E-state index contributed by atoms with van der Waals surface area (Å²) in [5, 5.41) is 3.05. The third-order valence-electron chi connectivity index (χ3n) is 2.98. The van der Waals surface area contributed by atoms with E-state index in [1.807, 2.05) is 0 Å². The molecule has 2 amide bonds. The van der Waals surface area contributed by atoms with Crippen molar-refractivity contribution < 1.29 is 19.1 Å².